The molecule has 0 saturated carbocycles. The number of aromatic nitrogens is 1. The molecule has 8 heteroatoms. The van der Waals surface area contributed by atoms with Crippen LogP contribution in [0.1, 0.15) is 11.1 Å². The highest BCUT2D eigenvalue weighted by Gasteiger charge is 2.17. The molecule has 0 amide bonds. The lowest BCUT2D eigenvalue weighted by molar-refractivity contribution is 0.122. The van der Waals surface area contributed by atoms with Gasteiger partial charge in [0, 0.05) is 54.5 Å². The zero-order valence-electron chi connectivity index (χ0n) is 18.5. The molecule has 1 aromatic heterocycles. The van der Waals surface area contributed by atoms with Gasteiger partial charge >= 0.3 is 0 Å². The molecule has 0 atom stereocenters. The number of nitrogens with zero attached hydrogens (tertiary/aromatic N) is 3. The maximum atomic E-state index is 11.8. The molecule has 5 rings (SSSR count). The number of ether oxygens (including phenoxy) is 1. The number of hydrogen-bond acceptors (Lipinski definition) is 7. The quantitative estimate of drug-likeness (QED) is 0.620. The van der Waals surface area contributed by atoms with E-state index in [1.807, 2.05) is 30.5 Å². The molecular formula is C25H26N4O3S. The van der Waals surface area contributed by atoms with Crippen LogP contribution in [-0.4, -0.2) is 52.2 Å². The number of anilines is 3. The summed E-state index contributed by atoms with van der Waals surface area (Å²) in [5.41, 5.74) is 6.06. The minimum absolute atomic E-state index is 0.301. The smallest absolute Gasteiger partial charge is 0.175 e. The molecule has 1 fully saturated rings. The zero-order chi connectivity index (χ0) is 22.8. The molecule has 170 valence electrons. The van der Waals surface area contributed by atoms with Gasteiger partial charge in [0.15, 0.2) is 9.84 Å². The third kappa shape index (κ3) is 4.77. The Balaban J connectivity index is 1.49. The van der Waals surface area contributed by atoms with Gasteiger partial charge in [-0.05, 0) is 42.0 Å². The standard InChI is InChI=1S/C25H26N4O3S/c1-33(30,31)22-7-5-18(6-8-22)24-15-19-9-10-26-17-23(19)25(28-24)27-20-3-2-4-21(16-20)29-11-13-32-14-12-29/h2-8,10,15-16H,9,11-14,17H2,1H3,(H,27,28). The summed E-state index contributed by atoms with van der Waals surface area (Å²) in [4.78, 5) is 12.0. The van der Waals surface area contributed by atoms with Crippen molar-refractivity contribution < 1.29 is 13.2 Å². The van der Waals surface area contributed by atoms with E-state index in [2.05, 4.69) is 33.4 Å². The first-order chi connectivity index (χ1) is 16.0. The molecule has 3 aromatic rings. The summed E-state index contributed by atoms with van der Waals surface area (Å²) >= 11 is 0. The van der Waals surface area contributed by atoms with Crippen LogP contribution < -0.4 is 10.2 Å². The van der Waals surface area contributed by atoms with Gasteiger partial charge in [0.2, 0.25) is 0 Å². The number of rotatable bonds is 5. The number of sulfone groups is 1. The number of fused-ring (bicyclic) bond motifs is 1. The first-order valence-electron chi connectivity index (χ1n) is 11.0. The molecule has 0 aliphatic carbocycles. The van der Waals surface area contributed by atoms with Gasteiger partial charge in [-0.1, -0.05) is 18.2 Å². The van der Waals surface area contributed by atoms with Crippen molar-refractivity contribution in [2.24, 2.45) is 4.99 Å². The van der Waals surface area contributed by atoms with Crippen molar-refractivity contribution in [1.29, 1.82) is 0 Å². The predicted molar refractivity (Wildman–Crippen MR) is 131 cm³/mol. The Morgan fingerprint density at radius 3 is 2.58 bits per heavy atom. The molecular weight excluding hydrogens is 436 g/mol. The van der Waals surface area contributed by atoms with E-state index in [1.54, 1.807) is 12.1 Å². The Morgan fingerprint density at radius 1 is 1.03 bits per heavy atom. The van der Waals surface area contributed by atoms with Gasteiger partial charge in [0.1, 0.15) is 5.82 Å². The molecule has 1 N–H and O–H groups in total. The van der Waals surface area contributed by atoms with E-state index in [0.29, 0.717) is 11.4 Å². The van der Waals surface area contributed by atoms with Crippen molar-refractivity contribution >= 4 is 33.2 Å². The minimum atomic E-state index is -3.24. The van der Waals surface area contributed by atoms with Crippen LogP contribution in [0.2, 0.25) is 0 Å². The van der Waals surface area contributed by atoms with Gasteiger partial charge in [0.25, 0.3) is 0 Å². The molecule has 0 radical (unpaired) electrons. The van der Waals surface area contributed by atoms with Crippen molar-refractivity contribution in [2.45, 2.75) is 17.9 Å². The van der Waals surface area contributed by atoms with Crippen LogP contribution in [0.4, 0.5) is 17.2 Å². The highest BCUT2D eigenvalue weighted by molar-refractivity contribution is 7.90. The third-order valence-electron chi connectivity index (χ3n) is 5.97. The van der Waals surface area contributed by atoms with Gasteiger partial charge in [0.05, 0.1) is 30.3 Å². The van der Waals surface area contributed by atoms with Crippen LogP contribution in [-0.2, 0) is 27.5 Å². The molecule has 0 unspecified atom stereocenters. The molecule has 1 saturated heterocycles. The maximum absolute atomic E-state index is 11.8. The van der Waals surface area contributed by atoms with E-state index >= 15 is 0 Å². The molecule has 2 aliphatic heterocycles. The lowest BCUT2D eigenvalue weighted by Crippen LogP contribution is -2.36. The van der Waals surface area contributed by atoms with Gasteiger partial charge in [-0.2, -0.15) is 0 Å². The van der Waals surface area contributed by atoms with Crippen LogP contribution in [0.3, 0.4) is 0 Å². The lowest BCUT2D eigenvalue weighted by atomic mass is 10.0. The fourth-order valence-corrected chi connectivity index (χ4v) is 4.79. The van der Waals surface area contributed by atoms with Crippen LogP contribution in [0, 0.1) is 0 Å². The largest absolute Gasteiger partial charge is 0.378 e. The molecule has 0 spiro atoms. The van der Waals surface area contributed by atoms with Crippen molar-refractivity contribution in [3.63, 3.8) is 0 Å². The second-order valence-corrected chi connectivity index (χ2v) is 10.3. The average molecular weight is 463 g/mol. The molecule has 2 aliphatic rings. The van der Waals surface area contributed by atoms with E-state index in [1.165, 1.54) is 11.8 Å². The first-order valence-corrected chi connectivity index (χ1v) is 12.9. The fourth-order valence-electron chi connectivity index (χ4n) is 4.16. The van der Waals surface area contributed by atoms with E-state index in [-0.39, 0.29) is 0 Å². The summed E-state index contributed by atoms with van der Waals surface area (Å²) in [6, 6.07) is 17.3. The Labute approximate surface area is 194 Å². The SMILES string of the molecule is CS(=O)(=O)c1ccc(-c2cc3c(c(Nc4cccc(N5CCOCC5)c4)n2)CN=CC3)cc1. The fraction of sp³-hybridized carbons (Fsp3) is 0.280. The zero-order valence-corrected chi connectivity index (χ0v) is 19.3. The topological polar surface area (TPSA) is 83.9 Å². The van der Waals surface area contributed by atoms with Crippen molar-refractivity contribution in [3.8, 4) is 11.3 Å². The first kappa shape index (κ1) is 21.6. The number of aliphatic imine (C=N–C) groups is 1. The van der Waals surface area contributed by atoms with Gasteiger partial charge in [-0.3, -0.25) is 4.99 Å². The van der Waals surface area contributed by atoms with Crippen molar-refractivity contribution in [3.05, 3.63) is 65.7 Å². The summed E-state index contributed by atoms with van der Waals surface area (Å²) in [6.45, 7) is 3.83. The lowest BCUT2D eigenvalue weighted by Gasteiger charge is -2.29. The Hall–Kier alpha value is -3.23. The summed E-state index contributed by atoms with van der Waals surface area (Å²) in [7, 11) is -3.24. The minimum Gasteiger partial charge on any atom is -0.378 e. The molecule has 7 nitrogen and oxygen atoms in total. The molecule has 33 heavy (non-hydrogen) atoms. The molecule has 3 heterocycles. The van der Waals surface area contributed by atoms with E-state index in [9.17, 15) is 8.42 Å². The second-order valence-electron chi connectivity index (χ2n) is 8.29. The Bertz CT molecular complexity index is 1300. The number of nitrogens with one attached hydrogen (secondary N) is 1. The van der Waals surface area contributed by atoms with E-state index < -0.39 is 9.84 Å². The monoisotopic (exact) mass is 462 g/mol. The highest BCUT2D eigenvalue weighted by atomic mass is 32.2. The number of morpholine rings is 1. The molecule has 0 bridgehead atoms. The third-order valence-corrected chi connectivity index (χ3v) is 7.10. The van der Waals surface area contributed by atoms with Crippen molar-refractivity contribution in [2.75, 3.05) is 42.8 Å². The van der Waals surface area contributed by atoms with Crippen LogP contribution in [0.25, 0.3) is 11.3 Å². The van der Waals surface area contributed by atoms with Gasteiger partial charge in [-0.25, -0.2) is 13.4 Å². The average Bonchev–Trinajstić information content (AvgIpc) is 2.84. The molecule has 2 aromatic carbocycles. The van der Waals surface area contributed by atoms with Gasteiger partial charge in [-0.15, -0.1) is 0 Å². The van der Waals surface area contributed by atoms with E-state index in [4.69, 9.17) is 9.72 Å². The summed E-state index contributed by atoms with van der Waals surface area (Å²) in [5.74, 6) is 0.783. The van der Waals surface area contributed by atoms with Crippen LogP contribution in [0.5, 0.6) is 0 Å². The predicted octanol–water partition coefficient (Wildman–Crippen LogP) is 3.86. The second kappa shape index (κ2) is 8.96. The van der Waals surface area contributed by atoms with Crippen LogP contribution >= 0.6 is 0 Å². The Morgan fingerprint density at radius 2 is 1.82 bits per heavy atom. The number of hydrogen-bond donors (Lipinski definition) is 1. The normalized spacial score (nSPS) is 15.8. The maximum Gasteiger partial charge on any atom is 0.175 e. The summed E-state index contributed by atoms with van der Waals surface area (Å²) in [5, 5.41) is 3.52. The number of benzene rings is 2. The highest BCUT2D eigenvalue weighted by Crippen LogP contribution is 2.31. The number of pyridine rings is 1. The summed E-state index contributed by atoms with van der Waals surface area (Å²) < 4.78 is 29.1. The van der Waals surface area contributed by atoms with Crippen LogP contribution in [0.15, 0.2) is 64.5 Å². The van der Waals surface area contributed by atoms with E-state index in [0.717, 1.165) is 66.7 Å². The van der Waals surface area contributed by atoms with Gasteiger partial charge < -0.3 is 15.0 Å². The Kier molecular flexibility index (Phi) is 5.86. The van der Waals surface area contributed by atoms with Crippen molar-refractivity contribution in [1.82, 2.24) is 4.98 Å². The summed E-state index contributed by atoms with van der Waals surface area (Å²) in [6.07, 6.45) is 3.89.